The normalized spacial score (nSPS) is 12.9. The van der Waals surface area contributed by atoms with Crippen LogP contribution in [-0.2, 0) is 16.0 Å². The first-order valence-corrected chi connectivity index (χ1v) is 10.3. The molecule has 0 saturated heterocycles. The highest BCUT2D eigenvalue weighted by Crippen LogP contribution is 2.28. The van der Waals surface area contributed by atoms with Gasteiger partial charge in [0.1, 0.15) is 0 Å². The highest BCUT2D eigenvalue weighted by molar-refractivity contribution is 5.80. The number of carbonyl (C=O) groups excluding carboxylic acids is 2. The molecule has 160 valence electrons. The summed E-state index contributed by atoms with van der Waals surface area (Å²) >= 11 is 0. The summed E-state index contributed by atoms with van der Waals surface area (Å²) < 4.78 is 10.9. The van der Waals surface area contributed by atoms with Crippen LogP contribution >= 0.6 is 0 Å². The van der Waals surface area contributed by atoms with Gasteiger partial charge in [0.25, 0.3) is 5.91 Å². The van der Waals surface area contributed by atoms with Crippen LogP contribution in [0.25, 0.3) is 0 Å². The van der Waals surface area contributed by atoms with Crippen LogP contribution in [0.1, 0.15) is 24.8 Å². The summed E-state index contributed by atoms with van der Waals surface area (Å²) in [6.45, 7) is 0.983. The van der Waals surface area contributed by atoms with Gasteiger partial charge in [-0.1, -0.05) is 12.1 Å². The third-order valence-corrected chi connectivity index (χ3v) is 5.21. The van der Waals surface area contributed by atoms with E-state index in [4.69, 9.17) is 9.47 Å². The number of benzene rings is 1. The maximum absolute atomic E-state index is 12.7. The van der Waals surface area contributed by atoms with Gasteiger partial charge < -0.3 is 19.3 Å². The van der Waals surface area contributed by atoms with Gasteiger partial charge in [0.2, 0.25) is 5.91 Å². The molecule has 2 amide bonds. The van der Waals surface area contributed by atoms with Gasteiger partial charge in [0, 0.05) is 45.0 Å². The van der Waals surface area contributed by atoms with Crippen LogP contribution in [-0.4, -0.2) is 66.5 Å². The minimum atomic E-state index is -0.101. The highest BCUT2D eigenvalue weighted by atomic mass is 16.5. The van der Waals surface area contributed by atoms with Gasteiger partial charge in [0.05, 0.1) is 7.11 Å². The number of nitrogens with zero attached hydrogens (tertiary/aromatic N) is 3. The van der Waals surface area contributed by atoms with E-state index in [1.54, 1.807) is 48.5 Å². The molecule has 1 fully saturated rings. The minimum absolute atomic E-state index is 0.0353. The summed E-state index contributed by atoms with van der Waals surface area (Å²) in [7, 11) is 3.37. The molecular formula is C23H29N3O4. The minimum Gasteiger partial charge on any atom is -0.493 e. The number of hydrogen-bond acceptors (Lipinski definition) is 5. The van der Waals surface area contributed by atoms with Crippen LogP contribution in [0.5, 0.6) is 11.5 Å². The lowest BCUT2D eigenvalue weighted by Gasteiger charge is -2.24. The van der Waals surface area contributed by atoms with Gasteiger partial charge in [-0.25, -0.2) is 0 Å². The molecular weight excluding hydrogens is 382 g/mol. The van der Waals surface area contributed by atoms with Crippen molar-refractivity contribution in [1.82, 2.24) is 14.8 Å². The van der Waals surface area contributed by atoms with Gasteiger partial charge in [-0.3, -0.25) is 14.6 Å². The number of carbonyl (C=O) groups is 2. The molecule has 3 rings (SSSR count). The largest absolute Gasteiger partial charge is 0.493 e. The van der Waals surface area contributed by atoms with Crippen molar-refractivity contribution in [2.75, 3.05) is 33.9 Å². The summed E-state index contributed by atoms with van der Waals surface area (Å²) in [6, 6.07) is 11.4. The van der Waals surface area contributed by atoms with Crippen LogP contribution in [0, 0.1) is 0 Å². The number of ether oxygens (including phenoxy) is 2. The van der Waals surface area contributed by atoms with E-state index in [2.05, 4.69) is 4.98 Å². The Kier molecular flexibility index (Phi) is 7.65. The third-order valence-electron chi connectivity index (χ3n) is 5.21. The van der Waals surface area contributed by atoms with Gasteiger partial charge in [-0.15, -0.1) is 0 Å². The predicted octanol–water partition coefficient (Wildman–Crippen LogP) is 2.55. The molecule has 0 spiro atoms. The molecule has 7 nitrogen and oxygen atoms in total. The van der Waals surface area contributed by atoms with Crippen LogP contribution < -0.4 is 9.47 Å². The number of amides is 2. The van der Waals surface area contributed by atoms with Crippen molar-refractivity contribution in [2.24, 2.45) is 0 Å². The van der Waals surface area contributed by atoms with E-state index in [-0.39, 0.29) is 24.5 Å². The average molecular weight is 412 g/mol. The second-order valence-electron chi connectivity index (χ2n) is 7.43. The SMILES string of the molecule is COc1ccccc1OCC(=O)N(CCC(=O)N(C)CCc1ccncc1)C1CC1. The maximum Gasteiger partial charge on any atom is 0.260 e. The molecule has 0 radical (unpaired) electrons. The molecule has 1 aromatic heterocycles. The molecule has 1 aromatic carbocycles. The summed E-state index contributed by atoms with van der Waals surface area (Å²) in [5.41, 5.74) is 1.15. The molecule has 0 unspecified atom stereocenters. The summed E-state index contributed by atoms with van der Waals surface area (Å²) in [6.07, 6.45) is 6.55. The Balaban J connectivity index is 1.46. The molecule has 1 aliphatic carbocycles. The second kappa shape index (κ2) is 10.6. The molecule has 0 N–H and O–H groups in total. The van der Waals surface area contributed by atoms with E-state index in [0.29, 0.717) is 31.0 Å². The highest BCUT2D eigenvalue weighted by Gasteiger charge is 2.33. The Labute approximate surface area is 177 Å². The maximum atomic E-state index is 12.7. The Morgan fingerprint density at radius 1 is 1.03 bits per heavy atom. The van der Waals surface area contributed by atoms with E-state index >= 15 is 0 Å². The number of aromatic nitrogens is 1. The number of likely N-dealkylation sites (N-methyl/N-ethyl adjacent to an activating group) is 1. The zero-order valence-corrected chi connectivity index (χ0v) is 17.6. The van der Waals surface area contributed by atoms with Crippen LogP contribution in [0.4, 0.5) is 0 Å². The zero-order chi connectivity index (χ0) is 21.3. The molecule has 30 heavy (non-hydrogen) atoms. The monoisotopic (exact) mass is 411 g/mol. The van der Waals surface area contributed by atoms with E-state index in [1.165, 1.54) is 0 Å². The average Bonchev–Trinajstić information content (AvgIpc) is 3.62. The van der Waals surface area contributed by atoms with Gasteiger partial charge in [0.15, 0.2) is 18.1 Å². The van der Waals surface area contributed by atoms with E-state index in [1.807, 2.05) is 24.3 Å². The molecule has 0 aliphatic heterocycles. The quantitative estimate of drug-likeness (QED) is 0.568. The van der Waals surface area contributed by atoms with Crippen molar-refractivity contribution in [3.8, 4) is 11.5 Å². The molecule has 1 aliphatic rings. The lowest BCUT2D eigenvalue weighted by Crippen LogP contribution is -2.40. The Bertz CT molecular complexity index is 839. The molecule has 0 atom stereocenters. The van der Waals surface area contributed by atoms with Crippen molar-refractivity contribution < 1.29 is 19.1 Å². The smallest absolute Gasteiger partial charge is 0.260 e. The lowest BCUT2D eigenvalue weighted by atomic mass is 10.2. The molecule has 2 aromatic rings. The van der Waals surface area contributed by atoms with E-state index < -0.39 is 0 Å². The van der Waals surface area contributed by atoms with Crippen LogP contribution in [0.15, 0.2) is 48.8 Å². The zero-order valence-electron chi connectivity index (χ0n) is 17.6. The summed E-state index contributed by atoms with van der Waals surface area (Å²) in [5, 5.41) is 0. The first-order chi connectivity index (χ1) is 14.6. The number of para-hydroxylation sites is 2. The number of methoxy groups -OCH3 is 1. The van der Waals surface area contributed by atoms with E-state index in [9.17, 15) is 9.59 Å². The number of hydrogen-bond donors (Lipinski definition) is 0. The Morgan fingerprint density at radius 3 is 2.40 bits per heavy atom. The lowest BCUT2D eigenvalue weighted by molar-refractivity contribution is -0.135. The second-order valence-corrected chi connectivity index (χ2v) is 7.43. The summed E-state index contributed by atoms with van der Waals surface area (Å²) in [5.74, 6) is 1.06. The Morgan fingerprint density at radius 2 is 1.73 bits per heavy atom. The van der Waals surface area contributed by atoms with Gasteiger partial charge in [-0.2, -0.15) is 0 Å². The standard InChI is InChI=1S/C23H29N3O4/c1-25(15-11-18-9-13-24-14-10-18)22(27)12-16-26(19-7-8-19)23(28)17-30-21-6-4-3-5-20(21)29-2/h3-6,9-10,13-14,19H,7-8,11-12,15-17H2,1-2H3. The fraction of sp³-hybridized carbons (Fsp3) is 0.435. The molecule has 1 saturated carbocycles. The van der Waals surface area contributed by atoms with Crippen molar-refractivity contribution in [3.05, 3.63) is 54.4 Å². The summed E-state index contributed by atoms with van der Waals surface area (Å²) in [4.78, 5) is 32.8. The van der Waals surface area contributed by atoms with Crippen LogP contribution in [0.2, 0.25) is 0 Å². The van der Waals surface area contributed by atoms with Crippen LogP contribution in [0.3, 0.4) is 0 Å². The fourth-order valence-corrected chi connectivity index (χ4v) is 3.24. The first-order valence-electron chi connectivity index (χ1n) is 10.3. The molecule has 1 heterocycles. The van der Waals surface area contributed by atoms with Gasteiger partial charge >= 0.3 is 0 Å². The fourth-order valence-electron chi connectivity index (χ4n) is 3.24. The molecule has 0 bridgehead atoms. The number of pyridine rings is 1. The van der Waals surface area contributed by atoms with Crippen molar-refractivity contribution >= 4 is 11.8 Å². The third kappa shape index (κ3) is 6.20. The Hall–Kier alpha value is -3.09. The van der Waals surface area contributed by atoms with Crippen molar-refractivity contribution in [2.45, 2.75) is 31.7 Å². The number of rotatable bonds is 11. The topological polar surface area (TPSA) is 72.0 Å². The first kappa shape index (κ1) is 21.6. The van der Waals surface area contributed by atoms with Crippen molar-refractivity contribution in [1.29, 1.82) is 0 Å². The molecule has 7 heteroatoms. The predicted molar refractivity (Wildman–Crippen MR) is 113 cm³/mol. The van der Waals surface area contributed by atoms with E-state index in [0.717, 1.165) is 24.8 Å². The van der Waals surface area contributed by atoms with Crippen molar-refractivity contribution in [3.63, 3.8) is 0 Å². The van der Waals surface area contributed by atoms with Gasteiger partial charge in [-0.05, 0) is 49.1 Å².